The van der Waals surface area contributed by atoms with E-state index in [0.717, 1.165) is 6.42 Å². The molecule has 3 aromatic rings. The lowest BCUT2D eigenvalue weighted by Gasteiger charge is -2.26. The fourth-order valence-corrected chi connectivity index (χ4v) is 4.63. The van der Waals surface area contributed by atoms with Gasteiger partial charge in [0.1, 0.15) is 23.6 Å². The Balaban J connectivity index is 0.00000326. The van der Waals surface area contributed by atoms with E-state index >= 15 is 0 Å². The van der Waals surface area contributed by atoms with Crippen molar-refractivity contribution in [3.05, 3.63) is 59.4 Å². The molecule has 0 saturated carbocycles. The van der Waals surface area contributed by atoms with Crippen molar-refractivity contribution in [1.29, 1.82) is 0 Å². The van der Waals surface area contributed by atoms with Crippen LogP contribution in [0, 0.1) is 25.7 Å². The molecule has 13 nitrogen and oxygen atoms in total. The van der Waals surface area contributed by atoms with Gasteiger partial charge in [-0.15, -0.1) is 25.7 Å². The van der Waals surface area contributed by atoms with E-state index in [-0.39, 0.29) is 25.4 Å². The monoisotopic (exact) mass is 716 g/mol. The Morgan fingerprint density at radius 1 is 0.788 bits per heavy atom. The van der Waals surface area contributed by atoms with Gasteiger partial charge in [-0.2, -0.15) is 0 Å². The number of terminal acetylenes is 2. The minimum atomic E-state index is -0.694. The molecule has 0 aliphatic rings. The first kappa shape index (κ1) is 44.2. The van der Waals surface area contributed by atoms with Gasteiger partial charge in [-0.1, -0.05) is 26.0 Å². The second-order valence-electron chi connectivity index (χ2n) is 13.5. The highest BCUT2D eigenvalue weighted by atomic mass is 16.6. The van der Waals surface area contributed by atoms with Crippen molar-refractivity contribution in [2.45, 2.75) is 86.0 Å². The summed E-state index contributed by atoms with van der Waals surface area (Å²) in [5.41, 5.74) is 0.910. The number of ether oxygens (including phenoxy) is 2. The van der Waals surface area contributed by atoms with Gasteiger partial charge < -0.3 is 30.0 Å². The van der Waals surface area contributed by atoms with Crippen LogP contribution >= 0.6 is 0 Å². The van der Waals surface area contributed by atoms with E-state index in [9.17, 15) is 24.0 Å². The zero-order valence-corrected chi connectivity index (χ0v) is 31.5. The summed E-state index contributed by atoms with van der Waals surface area (Å²) in [7, 11) is 0. The number of fused-ring (bicyclic) bond motifs is 1. The lowest BCUT2D eigenvalue weighted by atomic mass is 10.1. The zero-order chi connectivity index (χ0) is 39.6. The average Bonchev–Trinajstić information content (AvgIpc) is 3.49. The van der Waals surface area contributed by atoms with E-state index in [1.54, 1.807) is 62.1 Å². The molecule has 0 bridgehead atoms. The molecule has 4 amide bonds. The molecule has 0 aliphatic carbocycles. The van der Waals surface area contributed by atoms with E-state index in [1.807, 2.05) is 34.6 Å². The second-order valence-corrected chi connectivity index (χ2v) is 13.5. The van der Waals surface area contributed by atoms with Crippen molar-refractivity contribution in [2.75, 3.05) is 31.5 Å². The number of carbonyl (C=O) groups excluding carboxylic acids is 5. The molecule has 0 aliphatic heterocycles. The SMILES string of the molecule is C#C.C#C.CCCN(CC(=O)Nc1cccc(C(=O)CNC(=O)c2ccc3nc(CN(CCC)C(=O)OC(C)(C)C)[nH]c3c2)c1)C(=O)OC(C)(C)C. The minimum absolute atomic E-state index is 0.208. The number of rotatable bonds is 13. The first-order valence-electron chi connectivity index (χ1n) is 16.8. The molecule has 280 valence electrons. The third-order valence-electron chi connectivity index (χ3n) is 6.64. The number of imidazole rings is 1. The van der Waals surface area contributed by atoms with Crippen molar-refractivity contribution < 1.29 is 33.4 Å². The molecule has 1 heterocycles. The van der Waals surface area contributed by atoms with Crippen LogP contribution in [-0.4, -0.2) is 86.9 Å². The summed E-state index contributed by atoms with van der Waals surface area (Å²) < 4.78 is 10.9. The Morgan fingerprint density at radius 2 is 1.37 bits per heavy atom. The predicted molar refractivity (Wildman–Crippen MR) is 203 cm³/mol. The fourth-order valence-electron chi connectivity index (χ4n) is 4.63. The molecule has 0 unspecified atom stereocenters. The van der Waals surface area contributed by atoms with Crippen molar-refractivity contribution in [3.8, 4) is 25.7 Å². The zero-order valence-electron chi connectivity index (χ0n) is 31.5. The van der Waals surface area contributed by atoms with Crippen molar-refractivity contribution >= 4 is 46.5 Å². The lowest BCUT2D eigenvalue weighted by molar-refractivity contribution is -0.117. The minimum Gasteiger partial charge on any atom is -0.444 e. The molecular formula is C39H52N6O7. The predicted octanol–water partition coefficient (Wildman–Crippen LogP) is 6.41. The standard InChI is InChI=1S/C35H48N6O7.2C2H2/c1-9-16-40(32(45)47-34(3,4)5)21-29-38-26-15-14-24(19-27(26)39-29)31(44)36-20-28(42)23-12-11-13-25(18-23)37-30(43)22-41(17-10-2)33(46)48-35(6,7)8;2*1-2/h11-15,18-19H,9-10,16-17,20-22H2,1-8H3,(H,36,44)(H,37,43)(H,38,39);2*1-2H. The first-order chi connectivity index (χ1) is 24.5. The largest absolute Gasteiger partial charge is 0.444 e. The van der Waals surface area contributed by atoms with Crippen LogP contribution in [0.3, 0.4) is 0 Å². The number of hydrogen-bond acceptors (Lipinski definition) is 8. The summed E-state index contributed by atoms with van der Waals surface area (Å²) in [4.78, 5) is 74.5. The van der Waals surface area contributed by atoms with Gasteiger partial charge in [-0.3, -0.25) is 19.3 Å². The molecule has 3 N–H and O–H groups in total. The number of ketones is 1. The second kappa shape index (κ2) is 20.8. The van der Waals surface area contributed by atoms with E-state index in [0.29, 0.717) is 53.2 Å². The maximum Gasteiger partial charge on any atom is 0.410 e. The van der Waals surface area contributed by atoms with Gasteiger partial charge in [0.15, 0.2) is 5.78 Å². The maximum atomic E-state index is 13.0. The van der Waals surface area contributed by atoms with Gasteiger partial charge in [0, 0.05) is 29.9 Å². The molecular weight excluding hydrogens is 664 g/mol. The van der Waals surface area contributed by atoms with Gasteiger partial charge in [-0.25, -0.2) is 14.6 Å². The Bertz CT molecular complexity index is 1710. The molecule has 0 radical (unpaired) electrons. The van der Waals surface area contributed by atoms with Gasteiger partial charge in [0.2, 0.25) is 5.91 Å². The number of hydrogen-bond donors (Lipinski definition) is 3. The molecule has 0 saturated heterocycles. The molecule has 0 spiro atoms. The van der Waals surface area contributed by atoms with Crippen LogP contribution in [0.25, 0.3) is 11.0 Å². The van der Waals surface area contributed by atoms with Crippen LogP contribution < -0.4 is 10.6 Å². The van der Waals surface area contributed by atoms with Crippen LogP contribution in [0.1, 0.15) is 94.8 Å². The Kier molecular flexibility index (Phi) is 17.6. The summed E-state index contributed by atoms with van der Waals surface area (Å²) in [6.07, 6.45) is 16.4. The normalized spacial score (nSPS) is 10.7. The topological polar surface area (TPSA) is 163 Å². The molecule has 0 atom stereocenters. The fraction of sp³-hybridized carbons (Fsp3) is 0.436. The van der Waals surface area contributed by atoms with Crippen LogP contribution in [0.2, 0.25) is 0 Å². The third-order valence-corrected chi connectivity index (χ3v) is 6.64. The number of H-pyrrole nitrogens is 1. The maximum absolute atomic E-state index is 13.0. The number of Topliss-reactive ketones (excluding diaryl/α,β-unsaturated/α-hetero) is 1. The molecule has 3 rings (SSSR count). The Morgan fingerprint density at radius 3 is 1.94 bits per heavy atom. The van der Waals surface area contributed by atoms with Crippen molar-refractivity contribution in [3.63, 3.8) is 0 Å². The summed E-state index contributed by atoms with van der Waals surface area (Å²) in [5, 5.41) is 5.37. The number of benzene rings is 2. The third kappa shape index (κ3) is 15.0. The number of amides is 4. The van der Waals surface area contributed by atoms with Crippen LogP contribution in [0.15, 0.2) is 42.5 Å². The number of aromatic nitrogens is 2. The summed E-state index contributed by atoms with van der Waals surface area (Å²) in [6.45, 7) is 15.2. The number of anilines is 1. The number of nitrogens with one attached hydrogen (secondary N) is 3. The number of aromatic amines is 1. The average molecular weight is 717 g/mol. The molecule has 1 aromatic heterocycles. The van der Waals surface area contributed by atoms with Crippen LogP contribution in [0.4, 0.5) is 15.3 Å². The molecule has 2 aromatic carbocycles. The Hall–Kier alpha value is -5.82. The lowest BCUT2D eigenvalue weighted by Crippen LogP contribution is -2.41. The highest BCUT2D eigenvalue weighted by molar-refractivity contribution is 6.04. The van der Waals surface area contributed by atoms with E-state index in [4.69, 9.17) is 9.47 Å². The van der Waals surface area contributed by atoms with Gasteiger partial charge in [-0.05, 0) is 84.7 Å². The van der Waals surface area contributed by atoms with Gasteiger partial charge >= 0.3 is 12.2 Å². The van der Waals surface area contributed by atoms with Crippen molar-refractivity contribution in [2.24, 2.45) is 0 Å². The highest BCUT2D eigenvalue weighted by Gasteiger charge is 2.25. The van der Waals surface area contributed by atoms with Crippen LogP contribution in [0.5, 0.6) is 0 Å². The van der Waals surface area contributed by atoms with E-state index in [1.165, 1.54) is 11.0 Å². The molecule has 0 fully saturated rings. The Labute approximate surface area is 307 Å². The van der Waals surface area contributed by atoms with E-state index in [2.05, 4.69) is 46.3 Å². The molecule has 52 heavy (non-hydrogen) atoms. The quantitative estimate of drug-likeness (QED) is 0.135. The summed E-state index contributed by atoms with van der Waals surface area (Å²) >= 11 is 0. The van der Waals surface area contributed by atoms with Crippen molar-refractivity contribution in [1.82, 2.24) is 25.1 Å². The highest BCUT2D eigenvalue weighted by Crippen LogP contribution is 2.18. The first-order valence-corrected chi connectivity index (χ1v) is 16.8. The smallest absolute Gasteiger partial charge is 0.410 e. The van der Waals surface area contributed by atoms with Gasteiger partial charge in [0.25, 0.3) is 5.91 Å². The number of nitrogens with zero attached hydrogens (tertiary/aromatic N) is 3. The summed E-state index contributed by atoms with van der Waals surface area (Å²) in [5.74, 6) is -0.700. The van der Waals surface area contributed by atoms with Gasteiger partial charge in [0.05, 0.1) is 24.1 Å². The number of carbonyl (C=O) groups is 5. The van der Waals surface area contributed by atoms with E-state index < -0.39 is 35.2 Å². The molecule has 13 heteroatoms. The van der Waals surface area contributed by atoms with Crippen LogP contribution in [-0.2, 0) is 20.8 Å². The summed E-state index contributed by atoms with van der Waals surface area (Å²) in [6, 6.07) is 11.3.